The van der Waals surface area contributed by atoms with Crippen molar-refractivity contribution in [2.45, 2.75) is 32.6 Å². The largest absolute Gasteiger partial charge is 0.462 e. The normalized spacial score (nSPS) is 12.5. The Balaban J connectivity index is 1.54. The molecule has 0 unspecified atom stereocenters. The molecule has 0 fully saturated rings. The monoisotopic (exact) mass is 452 g/mol. The van der Waals surface area contributed by atoms with Crippen LogP contribution in [0, 0.1) is 0 Å². The molecule has 0 spiro atoms. The van der Waals surface area contributed by atoms with E-state index < -0.39 is 0 Å². The van der Waals surface area contributed by atoms with Gasteiger partial charge in [0.25, 0.3) is 0 Å². The van der Waals surface area contributed by atoms with Crippen LogP contribution < -0.4 is 15.4 Å². The minimum atomic E-state index is -0.292. The summed E-state index contributed by atoms with van der Waals surface area (Å²) in [4.78, 5) is 13.9. The topological polar surface area (TPSA) is 59.6 Å². The summed E-state index contributed by atoms with van der Waals surface area (Å²) in [5, 5.41) is 7.57. The summed E-state index contributed by atoms with van der Waals surface area (Å²) in [5.41, 5.74) is 2.47. The second-order valence-electron chi connectivity index (χ2n) is 7.13. The molecule has 0 amide bonds. The molecular weight excluding hydrogens is 428 g/mol. The number of anilines is 2. The summed E-state index contributed by atoms with van der Waals surface area (Å²) < 4.78 is 11.3. The number of thiocarbonyl (C=S) groups is 1. The molecule has 1 aliphatic carbocycles. The van der Waals surface area contributed by atoms with Crippen LogP contribution in [0.3, 0.4) is 0 Å². The SMILES string of the molecule is CCOC(=O)c1c(NC(=S)Nc2ccccc2Oc2ccccc2)sc2c1CCCC2. The van der Waals surface area contributed by atoms with Gasteiger partial charge in [0.2, 0.25) is 0 Å². The van der Waals surface area contributed by atoms with Gasteiger partial charge in [0.1, 0.15) is 10.8 Å². The molecule has 31 heavy (non-hydrogen) atoms. The summed E-state index contributed by atoms with van der Waals surface area (Å²) in [5.74, 6) is 1.11. The maximum atomic E-state index is 12.7. The summed E-state index contributed by atoms with van der Waals surface area (Å²) in [6.45, 7) is 2.16. The summed E-state index contributed by atoms with van der Waals surface area (Å²) in [7, 11) is 0. The molecule has 1 aliphatic rings. The van der Waals surface area contributed by atoms with Gasteiger partial charge in [0.15, 0.2) is 10.9 Å². The van der Waals surface area contributed by atoms with Crippen LogP contribution in [0.25, 0.3) is 0 Å². The maximum Gasteiger partial charge on any atom is 0.341 e. The molecule has 0 saturated carbocycles. The first-order valence-corrected chi connectivity index (χ1v) is 11.6. The first kappa shape index (κ1) is 21.3. The zero-order valence-corrected chi connectivity index (χ0v) is 18.9. The number of esters is 1. The van der Waals surface area contributed by atoms with Crippen LogP contribution in [0.5, 0.6) is 11.5 Å². The number of para-hydroxylation sites is 3. The number of hydrogen-bond donors (Lipinski definition) is 2. The molecule has 7 heteroatoms. The Morgan fingerprint density at radius 2 is 1.77 bits per heavy atom. The van der Waals surface area contributed by atoms with E-state index in [1.54, 1.807) is 11.3 Å². The van der Waals surface area contributed by atoms with Crippen LogP contribution in [0.4, 0.5) is 10.7 Å². The smallest absolute Gasteiger partial charge is 0.341 e. The number of rotatable bonds is 6. The van der Waals surface area contributed by atoms with Crippen molar-refractivity contribution in [3.05, 3.63) is 70.6 Å². The predicted octanol–water partition coefficient (Wildman–Crippen LogP) is 6.40. The van der Waals surface area contributed by atoms with E-state index in [0.29, 0.717) is 23.0 Å². The Morgan fingerprint density at radius 3 is 2.58 bits per heavy atom. The van der Waals surface area contributed by atoms with Gasteiger partial charge in [-0.05, 0) is 74.7 Å². The fraction of sp³-hybridized carbons (Fsp3) is 0.250. The van der Waals surface area contributed by atoms with Gasteiger partial charge in [-0.15, -0.1) is 11.3 Å². The molecular formula is C24H24N2O3S2. The van der Waals surface area contributed by atoms with E-state index in [1.165, 1.54) is 4.88 Å². The van der Waals surface area contributed by atoms with Crippen molar-refractivity contribution in [1.82, 2.24) is 0 Å². The highest BCUT2D eigenvalue weighted by molar-refractivity contribution is 7.80. The lowest BCUT2D eigenvalue weighted by Crippen LogP contribution is -2.21. The van der Waals surface area contributed by atoms with Crippen LogP contribution in [0.2, 0.25) is 0 Å². The molecule has 3 aromatic rings. The van der Waals surface area contributed by atoms with Crippen molar-refractivity contribution < 1.29 is 14.3 Å². The average molecular weight is 453 g/mol. The number of nitrogens with one attached hydrogen (secondary N) is 2. The fourth-order valence-corrected chi connectivity index (χ4v) is 5.16. The minimum absolute atomic E-state index is 0.292. The summed E-state index contributed by atoms with van der Waals surface area (Å²) in [6, 6.07) is 17.2. The molecule has 2 aromatic carbocycles. The summed E-state index contributed by atoms with van der Waals surface area (Å²) >= 11 is 7.16. The number of carbonyl (C=O) groups excluding carboxylic acids is 1. The van der Waals surface area contributed by atoms with Crippen molar-refractivity contribution >= 4 is 45.3 Å². The first-order chi connectivity index (χ1) is 15.2. The lowest BCUT2D eigenvalue weighted by atomic mass is 9.95. The van der Waals surface area contributed by atoms with E-state index >= 15 is 0 Å². The lowest BCUT2D eigenvalue weighted by Gasteiger charge is -2.15. The van der Waals surface area contributed by atoms with Crippen molar-refractivity contribution in [3.63, 3.8) is 0 Å². The standard InChI is InChI=1S/C24H24N2O3S2/c1-2-28-23(27)21-17-12-6-9-15-20(17)31-22(21)26-24(30)25-18-13-7-8-14-19(18)29-16-10-4-3-5-11-16/h3-5,7-8,10-11,13-14H,2,6,9,12,15H2,1H3,(H2,25,26,30). The Kier molecular flexibility index (Phi) is 6.84. The molecule has 160 valence electrons. The molecule has 0 bridgehead atoms. The van der Waals surface area contributed by atoms with Crippen LogP contribution >= 0.6 is 23.6 Å². The molecule has 0 aliphatic heterocycles. The maximum absolute atomic E-state index is 12.7. The van der Waals surface area contributed by atoms with Gasteiger partial charge in [0, 0.05) is 4.88 Å². The van der Waals surface area contributed by atoms with Crippen LogP contribution in [0.1, 0.15) is 40.6 Å². The van der Waals surface area contributed by atoms with Gasteiger partial charge in [-0.25, -0.2) is 4.79 Å². The van der Waals surface area contributed by atoms with Gasteiger partial charge >= 0.3 is 5.97 Å². The molecule has 1 heterocycles. The summed E-state index contributed by atoms with van der Waals surface area (Å²) in [6.07, 6.45) is 4.11. The van der Waals surface area contributed by atoms with Gasteiger partial charge < -0.3 is 20.1 Å². The Bertz CT molecular complexity index is 1080. The number of ether oxygens (including phenoxy) is 2. The van der Waals surface area contributed by atoms with Crippen LogP contribution in [-0.2, 0) is 17.6 Å². The highest BCUT2D eigenvalue weighted by atomic mass is 32.1. The second kappa shape index (κ2) is 9.94. The number of aryl methyl sites for hydroxylation is 1. The minimum Gasteiger partial charge on any atom is -0.462 e. The van der Waals surface area contributed by atoms with E-state index in [9.17, 15) is 4.79 Å². The number of hydrogen-bond acceptors (Lipinski definition) is 5. The Labute approximate surface area is 191 Å². The van der Waals surface area contributed by atoms with Gasteiger partial charge in [-0.3, -0.25) is 0 Å². The van der Waals surface area contributed by atoms with E-state index in [1.807, 2.05) is 61.5 Å². The quantitative estimate of drug-likeness (QED) is 0.333. The Morgan fingerprint density at radius 1 is 1.03 bits per heavy atom. The number of benzene rings is 2. The molecule has 1 aromatic heterocycles. The van der Waals surface area contributed by atoms with E-state index in [4.69, 9.17) is 21.7 Å². The van der Waals surface area contributed by atoms with E-state index in [2.05, 4.69) is 10.6 Å². The first-order valence-electron chi connectivity index (χ1n) is 10.4. The number of fused-ring (bicyclic) bond motifs is 1. The van der Waals surface area contributed by atoms with E-state index in [0.717, 1.165) is 47.7 Å². The van der Waals surface area contributed by atoms with Crippen molar-refractivity contribution in [3.8, 4) is 11.5 Å². The molecule has 0 radical (unpaired) electrons. The van der Waals surface area contributed by atoms with Crippen LogP contribution in [-0.4, -0.2) is 17.7 Å². The van der Waals surface area contributed by atoms with Gasteiger partial charge in [-0.1, -0.05) is 30.3 Å². The predicted molar refractivity (Wildman–Crippen MR) is 130 cm³/mol. The molecule has 4 rings (SSSR count). The zero-order chi connectivity index (χ0) is 21.6. The van der Waals surface area contributed by atoms with Crippen molar-refractivity contribution in [1.29, 1.82) is 0 Å². The third-order valence-electron chi connectivity index (χ3n) is 4.98. The fourth-order valence-electron chi connectivity index (χ4n) is 3.60. The highest BCUT2D eigenvalue weighted by Crippen LogP contribution is 2.39. The molecule has 2 N–H and O–H groups in total. The third-order valence-corrected chi connectivity index (χ3v) is 6.40. The number of thiophene rings is 1. The molecule has 0 saturated heterocycles. The lowest BCUT2D eigenvalue weighted by molar-refractivity contribution is 0.0526. The van der Waals surface area contributed by atoms with Crippen molar-refractivity contribution in [2.75, 3.05) is 17.2 Å². The second-order valence-corrected chi connectivity index (χ2v) is 8.64. The zero-order valence-electron chi connectivity index (χ0n) is 17.3. The van der Waals surface area contributed by atoms with E-state index in [-0.39, 0.29) is 5.97 Å². The Hall–Kier alpha value is -2.90. The average Bonchev–Trinajstić information content (AvgIpc) is 3.13. The van der Waals surface area contributed by atoms with Gasteiger partial charge in [-0.2, -0.15) is 0 Å². The van der Waals surface area contributed by atoms with Crippen molar-refractivity contribution in [2.24, 2.45) is 0 Å². The molecule has 5 nitrogen and oxygen atoms in total. The van der Waals surface area contributed by atoms with Gasteiger partial charge in [0.05, 0.1) is 17.9 Å². The third kappa shape index (κ3) is 5.06. The number of carbonyl (C=O) groups is 1. The van der Waals surface area contributed by atoms with Crippen LogP contribution in [0.15, 0.2) is 54.6 Å². The highest BCUT2D eigenvalue weighted by Gasteiger charge is 2.26. The molecule has 0 atom stereocenters.